The molecule has 0 unspecified atom stereocenters. The van der Waals surface area contributed by atoms with E-state index in [0.717, 1.165) is 0 Å². The van der Waals surface area contributed by atoms with Crippen molar-refractivity contribution < 1.29 is 4.79 Å². The molecule has 1 aliphatic rings. The summed E-state index contributed by atoms with van der Waals surface area (Å²) in [5.41, 5.74) is -0.543. The molecule has 0 saturated heterocycles. The first-order valence-corrected chi connectivity index (χ1v) is 4.16. The van der Waals surface area contributed by atoms with Crippen LogP contribution in [0, 0.1) is 0 Å². The number of benzene rings is 1. The minimum atomic E-state index is -1.23. The molecule has 0 bridgehead atoms. The Hall–Kier alpha value is -1.91. The van der Waals surface area contributed by atoms with Gasteiger partial charge < -0.3 is 0 Å². The first-order valence-electron chi connectivity index (χ1n) is 4.16. The molecule has 1 aromatic rings. The van der Waals surface area contributed by atoms with Gasteiger partial charge in [0.25, 0.3) is 5.66 Å². The minimum absolute atomic E-state index is 0.186. The molecule has 0 N–H and O–H groups in total. The molecule has 0 fully saturated rings. The van der Waals surface area contributed by atoms with E-state index in [0.29, 0.717) is 5.56 Å². The van der Waals surface area contributed by atoms with Gasteiger partial charge in [-0.1, -0.05) is 30.3 Å². The SMILES string of the molecule is CC(=O)C1(c2ccccc2)N=NN=N1. The van der Waals surface area contributed by atoms with Crippen LogP contribution >= 0.6 is 0 Å². The molecule has 5 nitrogen and oxygen atoms in total. The molecule has 1 heterocycles. The summed E-state index contributed by atoms with van der Waals surface area (Å²) in [5, 5.41) is 14.4. The number of Topliss-reactive ketones (excluding diaryl/α,β-unsaturated/α-hetero) is 1. The first kappa shape index (κ1) is 8.68. The Morgan fingerprint density at radius 1 is 1.14 bits per heavy atom. The predicted molar refractivity (Wildman–Crippen MR) is 48.5 cm³/mol. The Balaban J connectivity index is 2.54. The van der Waals surface area contributed by atoms with Gasteiger partial charge >= 0.3 is 0 Å². The van der Waals surface area contributed by atoms with E-state index in [9.17, 15) is 4.79 Å². The van der Waals surface area contributed by atoms with Crippen molar-refractivity contribution in [2.75, 3.05) is 0 Å². The van der Waals surface area contributed by atoms with Crippen molar-refractivity contribution in [3.8, 4) is 0 Å². The number of carbonyl (C=O) groups excluding carboxylic acids is 1. The highest BCUT2D eigenvalue weighted by molar-refractivity contribution is 5.87. The van der Waals surface area contributed by atoms with Crippen LogP contribution in [-0.4, -0.2) is 5.78 Å². The van der Waals surface area contributed by atoms with Crippen LogP contribution in [0.15, 0.2) is 51.0 Å². The monoisotopic (exact) mass is 188 g/mol. The minimum Gasteiger partial charge on any atom is -0.294 e. The van der Waals surface area contributed by atoms with Gasteiger partial charge in [0.15, 0.2) is 5.78 Å². The van der Waals surface area contributed by atoms with Gasteiger partial charge in [0.2, 0.25) is 0 Å². The number of ketones is 1. The second-order valence-corrected chi connectivity index (χ2v) is 2.97. The van der Waals surface area contributed by atoms with Crippen molar-refractivity contribution in [3.63, 3.8) is 0 Å². The highest BCUT2D eigenvalue weighted by Gasteiger charge is 2.40. The molecule has 1 aromatic carbocycles. The lowest BCUT2D eigenvalue weighted by molar-refractivity contribution is -0.122. The predicted octanol–water partition coefficient (Wildman–Crippen LogP) is 2.26. The van der Waals surface area contributed by atoms with E-state index in [-0.39, 0.29) is 5.78 Å². The van der Waals surface area contributed by atoms with Crippen molar-refractivity contribution in [2.24, 2.45) is 20.7 Å². The van der Waals surface area contributed by atoms with E-state index in [1.54, 1.807) is 12.1 Å². The summed E-state index contributed by atoms with van der Waals surface area (Å²) in [7, 11) is 0. The quantitative estimate of drug-likeness (QED) is 0.701. The second-order valence-electron chi connectivity index (χ2n) is 2.97. The molecular formula is C9H8N4O. The lowest BCUT2D eigenvalue weighted by Crippen LogP contribution is -2.27. The van der Waals surface area contributed by atoms with E-state index >= 15 is 0 Å². The third-order valence-corrected chi connectivity index (χ3v) is 2.09. The Bertz CT molecular complexity index is 398. The van der Waals surface area contributed by atoms with Gasteiger partial charge in [0.1, 0.15) is 0 Å². The number of rotatable bonds is 2. The third-order valence-electron chi connectivity index (χ3n) is 2.09. The zero-order chi connectivity index (χ0) is 10.0. The van der Waals surface area contributed by atoms with Crippen LogP contribution in [0.5, 0.6) is 0 Å². The normalized spacial score (nSPS) is 17.2. The lowest BCUT2D eigenvalue weighted by Gasteiger charge is -2.15. The van der Waals surface area contributed by atoms with Gasteiger partial charge in [0, 0.05) is 5.56 Å². The molecule has 5 heteroatoms. The highest BCUT2D eigenvalue weighted by Crippen LogP contribution is 2.32. The number of hydrogen-bond acceptors (Lipinski definition) is 5. The summed E-state index contributed by atoms with van der Waals surface area (Å²) < 4.78 is 0. The van der Waals surface area contributed by atoms with Gasteiger partial charge in [-0.25, -0.2) is 0 Å². The largest absolute Gasteiger partial charge is 0.294 e. The summed E-state index contributed by atoms with van der Waals surface area (Å²) in [4.78, 5) is 11.5. The smallest absolute Gasteiger partial charge is 0.277 e. The molecule has 0 spiro atoms. The van der Waals surface area contributed by atoms with Crippen LogP contribution in [-0.2, 0) is 10.5 Å². The molecule has 2 rings (SSSR count). The van der Waals surface area contributed by atoms with Crippen LogP contribution in [0.2, 0.25) is 0 Å². The summed E-state index contributed by atoms with van der Waals surface area (Å²) in [6.07, 6.45) is 0. The van der Waals surface area contributed by atoms with Crippen molar-refractivity contribution in [3.05, 3.63) is 35.9 Å². The molecule has 0 aromatic heterocycles. The summed E-state index contributed by atoms with van der Waals surface area (Å²) in [5.74, 6) is -0.186. The summed E-state index contributed by atoms with van der Waals surface area (Å²) >= 11 is 0. The van der Waals surface area contributed by atoms with E-state index < -0.39 is 5.66 Å². The maximum Gasteiger partial charge on any atom is 0.277 e. The van der Waals surface area contributed by atoms with Gasteiger partial charge in [-0.2, -0.15) is 0 Å². The fourth-order valence-corrected chi connectivity index (χ4v) is 1.32. The average molecular weight is 188 g/mol. The Morgan fingerprint density at radius 3 is 2.21 bits per heavy atom. The summed E-state index contributed by atoms with van der Waals surface area (Å²) in [6, 6.07) is 9.07. The molecule has 0 aliphatic carbocycles. The van der Waals surface area contributed by atoms with Crippen LogP contribution < -0.4 is 0 Å². The van der Waals surface area contributed by atoms with E-state index in [2.05, 4.69) is 20.7 Å². The van der Waals surface area contributed by atoms with Gasteiger partial charge in [-0.05, 0) is 17.4 Å². The fourth-order valence-electron chi connectivity index (χ4n) is 1.32. The maximum atomic E-state index is 11.5. The van der Waals surface area contributed by atoms with Crippen molar-refractivity contribution >= 4 is 5.78 Å². The molecule has 0 saturated carbocycles. The molecule has 14 heavy (non-hydrogen) atoms. The van der Waals surface area contributed by atoms with E-state index in [1.165, 1.54) is 6.92 Å². The summed E-state index contributed by atoms with van der Waals surface area (Å²) in [6.45, 7) is 1.43. The van der Waals surface area contributed by atoms with Crippen molar-refractivity contribution in [2.45, 2.75) is 12.6 Å². The fraction of sp³-hybridized carbons (Fsp3) is 0.222. The molecule has 70 valence electrons. The van der Waals surface area contributed by atoms with Gasteiger partial charge in [-0.3, -0.25) is 4.79 Å². The standard InChI is InChI=1S/C9H8N4O/c1-7(14)9(10-12-13-11-9)8-5-3-2-4-6-8/h2-6H,1H3. The number of carbonyl (C=O) groups is 1. The molecule has 1 aliphatic heterocycles. The zero-order valence-corrected chi connectivity index (χ0v) is 7.58. The Kier molecular flexibility index (Phi) is 1.92. The van der Waals surface area contributed by atoms with Crippen LogP contribution in [0.1, 0.15) is 12.5 Å². The second kappa shape index (κ2) is 3.10. The highest BCUT2D eigenvalue weighted by atomic mass is 16.1. The van der Waals surface area contributed by atoms with Gasteiger partial charge in [0.05, 0.1) is 0 Å². The maximum absolute atomic E-state index is 11.5. The number of hydrogen-bond donors (Lipinski definition) is 0. The van der Waals surface area contributed by atoms with Crippen molar-refractivity contribution in [1.82, 2.24) is 0 Å². The van der Waals surface area contributed by atoms with E-state index in [4.69, 9.17) is 0 Å². The first-order chi connectivity index (χ1) is 6.76. The topological polar surface area (TPSA) is 66.5 Å². The van der Waals surface area contributed by atoms with Gasteiger partial charge in [-0.15, -0.1) is 10.2 Å². The van der Waals surface area contributed by atoms with Crippen LogP contribution in [0.3, 0.4) is 0 Å². The van der Waals surface area contributed by atoms with Crippen LogP contribution in [0.4, 0.5) is 0 Å². The Morgan fingerprint density at radius 2 is 1.71 bits per heavy atom. The third kappa shape index (κ3) is 1.14. The average Bonchev–Trinajstić information content (AvgIpc) is 2.69. The Labute approximate surface area is 80.5 Å². The lowest BCUT2D eigenvalue weighted by atomic mass is 9.97. The van der Waals surface area contributed by atoms with E-state index in [1.807, 2.05) is 18.2 Å². The molecule has 0 amide bonds. The molecular weight excluding hydrogens is 180 g/mol. The van der Waals surface area contributed by atoms with Crippen molar-refractivity contribution in [1.29, 1.82) is 0 Å². The zero-order valence-electron chi connectivity index (χ0n) is 7.58. The molecule has 0 atom stereocenters. The van der Waals surface area contributed by atoms with Crippen LogP contribution in [0.25, 0.3) is 0 Å². The molecule has 0 radical (unpaired) electrons. The number of nitrogens with zero attached hydrogens (tertiary/aromatic N) is 4.